The summed E-state index contributed by atoms with van der Waals surface area (Å²) in [6, 6.07) is 40.0. The smallest absolute Gasteiger partial charge is 0.0718 e. The van der Waals surface area contributed by atoms with Crippen molar-refractivity contribution in [3.05, 3.63) is 195 Å². The first-order chi connectivity index (χ1) is 25.1. The molecule has 0 radical (unpaired) electrons. The number of rotatable bonds is 4. The van der Waals surface area contributed by atoms with Crippen molar-refractivity contribution in [2.75, 3.05) is 0 Å². The van der Waals surface area contributed by atoms with Gasteiger partial charge in [-0.15, -0.1) is 0 Å². The third-order valence-electron chi connectivity index (χ3n) is 11.7. The molecule has 0 aliphatic heterocycles. The van der Waals surface area contributed by atoms with E-state index in [0.29, 0.717) is 5.92 Å². The standard InChI is InChI=1S/C49H38N2/c1-49-29-39(40-23-25-46(50-30-40)41-28-36-14-6-9-17-45(36)51-31-41)22-24-44(49)47(37-20-18-32-10-2-4-12-34(32)26-37)42-15-7-8-16-43(42)48(49)38-21-19-33-11-3-5-13-35(33)27-38/h3-9,11-20,22-31,38,48H,2,10,21H2,1H3. The SMILES string of the molecule is CC12C=C(c3ccc(-c4cnc5ccccc5c4)nc3)C=CC1=C(c1ccc3c(c1)C=CCC3)c1ccccc1C2C1C=c2ccccc2=CC1. The van der Waals surface area contributed by atoms with Crippen molar-refractivity contribution >= 4 is 40.3 Å². The van der Waals surface area contributed by atoms with Gasteiger partial charge in [-0.1, -0.05) is 134 Å². The maximum absolute atomic E-state index is 4.99. The second-order valence-electron chi connectivity index (χ2n) is 14.7. The van der Waals surface area contributed by atoms with Gasteiger partial charge in [-0.25, -0.2) is 0 Å². The third kappa shape index (κ3) is 5.01. The minimum Gasteiger partial charge on any atom is -0.256 e. The Kier molecular flexibility index (Phi) is 6.99. The Hall–Kier alpha value is -5.86. The highest BCUT2D eigenvalue weighted by molar-refractivity contribution is 5.92. The molecule has 244 valence electrons. The fraction of sp³-hybridized carbons (Fsp3) is 0.143. The molecule has 4 aliphatic rings. The Morgan fingerprint density at radius 3 is 2.45 bits per heavy atom. The van der Waals surface area contributed by atoms with Crippen LogP contribution in [-0.2, 0) is 6.42 Å². The number of para-hydroxylation sites is 1. The van der Waals surface area contributed by atoms with Gasteiger partial charge in [0.1, 0.15) is 0 Å². The Balaban J connectivity index is 1.13. The highest BCUT2D eigenvalue weighted by Crippen LogP contribution is 2.59. The molecule has 0 N–H and O–H groups in total. The summed E-state index contributed by atoms with van der Waals surface area (Å²) < 4.78 is 0. The van der Waals surface area contributed by atoms with Gasteiger partial charge in [0.25, 0.3) is 0 Å². The van der Waals surface area contributed by atoms with Gasteiger partial charge in [-0.2, -0.15) is 0 Å². The Bertz CT molecular complexity index is 2630. The van der Waals surface area contributed by atoms with Crippen LogP contribution in [0.3, 0.4) is 0 Å². The van der Waals surface area contributed by atoms with Crippen LogP contribution in [0.4, 0.5) is 0 Å². The topological polar surface area (TPSA) is 25.8 Å². The predicted octanol–water partition coefficient (Wildman–Crippen LogP) is 10.1. The summed E-state index contributed by atoms with van der Waals surface area (Å²) >= 11 is 0. The molecule has 2 heterocycles. The van der Waals surface area contributed by atoms with E-state index in [-0.39, 0.29) is 11.3 Å². The lowest BCUT2D eigenvalue weighted by molar-refractivity contribution is 0.339. The number of aryl methyl sites for hydroxylation is 1. The highest BCUT2D eigenvalue weighted by atomic mass is 14.7. The Morgan fingerprint density at radius 2 is 1.53 bits per heavy atom. The molecule has 0 amide bonds. The molecule has 0 bridgehead atoms. The van der Waals surface area contributed by atoms with E-state index in [9.17, 15) is 0 Å². The Labute approximate surface area is 299 Å². The summed E-state index contributed by atoms with van der Waals surface area (Å²) in [5, 5.41) is 3.81. The minimum atomic E-state index is -0.262. The number of hydrogen-bond acceptors (Lipinski definition) is 2. The monoisotopic (exact) mass is 654 g/mol. The van der Waals surface area contributed by atoms with Crippen LogP contribution in [-0.4, -0.2) is 9.97 Å². The van der Waals surface area contributed by atoms with E-state index in [2.05, 4.69) is 152 Å². The second-order valence-corrected chi connectivity index (χ2v) is 14.7. The lowest BCUT2D eigenvalue weighted by atomic mass is 9.55. The number of fused-ring (bicyclic) bond motifs is 5. The zero-order chi connectivity index (χ0) is 33.9. The van der Waals surface area contributed by atoms with Gasteiger partial charge in [0, 0.05) is 34.7 Å². The van der Waals surface area contributed by atoms with Crippen LogP contribution < -0.4 is 10.4 Å². The molecule has 2 aromatic heterocycles. The van der Waals surface area contributed by atoms with E-state index >= 15 is 0 Å². The largest absolute Gasteiger partial charge is 0.256 e. The van der Waals surface area contributed by atoms with Crippen molar-refractivity contribution in [3.8, 4) is 11.3 Å². The minimum absolute atomic E-state index is 0.255. The van der Waals surface area contributed by atoms with Crippen LogP contribution in [0.1, 0.15) is 59.1 Å². The van der Waals surface area contributed by atoms with E-state index in [1.54, 1.807) is 0 Å². The molecule has 10 rings (SSSR count). The van der Waals surface area contributed by atoms with E-state index in [4.69, 9.17) is 4.98 Å². The highest BCUT2D eigenvalue weighted by Gasteiger charge is 2.47. The van der Waals surface area contributed by atoms with Crippen LogP contribution in [0.2, 0.25) is 0 Å². The van der Waals surface area contributed by atoms with Crippen molar-refractivity contribution in [2.24, 2.45) is 11.3 Å². The lowest BCUT2D eigenvalue weighted by Gasteiger charge is -2.48. The van der Waals surface area contributed by atoms with Gasteiger partial charge in [-0.3, -0.25) is 9.97 Å². The second kappa shape index (κ2) is 11.9. The summed E-state index contributed by atoms with van der Waals surface area (Å²) in [5.74, 6) is 0.601. The molecular formula is C49H38N2. The van der Waals surface area contributed by atoms with Gasteiger partial charge in [-0.05, 0) is 110 Å². The van der Waals surface area contributed by atoms with Gasteiger partial charge in [0.2, 0.25) is 0 Å². The average Bonchev–Trinajstić information content (AvgIpc) is 3.19. The first kappa shape index (κ1) is 30.0. The number of pyridine rings is 2. The summed E-state index contributed by atoms with van der Waals surface area (Å²) in [5.41, 5.74) is 14.7. The number of allylic oxidation sites excluding steroid dienone is 6. The van der Waals surface area contributed by atoms with Crippen LogP contribution >= 0.6 is 0 Å². The zero-order valence-electron chi connectivity index (χ0n) is 28.8. The summed E-state index contributed by atoms with van der Waals surface area (Å²) in [4.78, 5) is 9.67. The zero-order valence-corrected chi connectivity index (χ0v) is 28.8. The number of benzene rings is 4. The van der Waals surface area contributed by atoms with Crippen LogP contribution in [0.15, 0.2) is 151 Å². The molecule has 51 heavy (non-hydrogen) atoms. The normalized spacial score (nSPS) is 21.5. The third-order valence-corrected chi connectivity index (χ3v) is 11.7. The molecule has 0 saturated heterocycles. The number of aromatic nitrogens is 2. The molecular weight excluding hydrogens is 617 g/mol. The van der Waals surface area contributed by atoms with Crippen LogP contribution in [0.5, 0.6) is 0 Å². The van der Waals surface area contributed by atoms with Crippen molar-refractivity contribution in [2.45, 2.75) is 32.1 Å². The molecule has 6 aromatic rings. The van der Waals surface area contributed by atoms with Crippen LogP contribution in [0, 0.1) is 11.3 Å². The van der Waals surface area contributed by atoms with Crippen molar-refractivity contribution in [1.29, 1.82) is 0 Å². The number of nitrogens with zero attached hydrogens (tertiary/aromatic N) is 2. The van der Waals surface area contributed by atoms with Crippen molar-refractivity contribution < 1.29 is 0 Å². The first-order valence-corrected chi connectivity index (χ1v) is 18.3. The molecule has 0 fully saturated rings. The number of hydrogen-bond donors (Lipinski definition) is 0. The maximum atomic E-state index is 4.99. The summed E-state index contributed by atoms with van der Waals surface area (Å²) in [6.07, 6.45) is 24.1. The summed E-state index contributed by atoms with van der Waals surface area (Å²) in [7, 11) is 0. The first-order valence-electron chi connectivity index (χ1n) is 18.3. The quantitative estimate of drug-likeness (QED) is 0.189. The fourth-order valence-corrected chi connectivity index (χ4v) is 9.21. The van der Waals surface area contributed by atoms with Gasteiger partial charge >= 0.3 is 0 Å². The molecule has 3 atom stereocenters. The molecule has 3 unspecified atom stereocenters. The molecule has 0 spiro atoms. The van der Waals surface area contributed by atoms with Crippen molar-refractivity contribution in [1.82, 2.24) is 9.97 Å². The van der Waals surface area contributed by atoms with E-state index < -0.39 is 0 Å². The molecule has 4 aromatic carbocycles. The van der Waals surface area contributed by atoms with Gasteiger partial charge < -0.3 is 0 Å². The van der Waals surface area contributed by atoms with Gasteiger partial charge in [0.15, 0.2) is 0 Å². The van der Waals surface area contributed by atoms with Gasteiger partial charge in [0.05, 0.1) is 11.2 Å². The lowest BCUT2D eigenvalue weighted by Crippen LogP contribution is -2.39. The van der Waals surface area contributed by atoms with E-state index in [1.807, 2.05) is 24.5 Å². The van der Waals surface area contributed by atoms with Crippen molar-refractivity contribution in [3.63, 3.8) is 0 Å². The Morgan fingerprint density at radius 1 is 0.706 bits per heavy atom. The summed E-state index contributed by atoms with van der Waals surface area (Å²) in [6.45, 7) is 2.49. The molecule has 2 heteroatoms. The average molecular weight is 655 g/mol. The molecule has 0 saturated carbocycles. The van der Waals surface area contributed by atoms with E-state index in [0.717, 1.165) is 47.0 Å². The molecule has 2 nitrogen and oxygen atoms in total. The van der Waals surface area contributed by atoms with Crippen LogP contribution in [0.25, 0.3) is 51.5 Å². The fourth-order valence-electron chi connectivity index (χ4n) is 9.21. The predicted molar refractivity (Wildman–Crippen MR) is 212 cm³/mol. The van der Waals surface area contributed by atoms with E-state index in [1.165, 1.54) is 55.0 Å². The molecule has 4 aliphatic carbocycles. The maximum Gasteiger partial charge on any atom is 0.0718 e.